The van der Waals surface area contributed by atoms with Crippen molar-refractivity contribution in [3.05, 3.63) is 40.8 Å². The van der Waals surface area contributed by atoms with Crippen molar-refractivity contribution in [3.8, 4) is 0 Å². The second-order valence-electron chi connectivity index (χ2n) is 10.4. The summed E-state index contributed by atoms with van der Waals surface area (Å²) in [5, 5.41) is 4.11. The zero-order chi connectivity index (χ0) is 26.8. The molecule has 2 fully saturated rings. The first-order valence-corrected chi connectivity index (χ1v) is 14.3. The van der Waals surface area contributed by atoms with Gasteiger partial charge in [0.15, 0.2) is 11.6 Å². The lowest BCUT2D eigenvalue weighted by atomic mass is 9.94. The van der Waals surface area contributed by atoms with E-state index in [2.05, 4.69) is 32.0 Å². The molecule has 10 heteroatoms. The van der Waals surface area contributed by atoms with Crippen molar-refractivity contribution in [2.24, 2.45) is 0 Å². The van der Waals surface area contributed by atoms with Crippen molar-refractivity contribution in [2.45, 2.75) is 44.6 Å². The summed E-state index contributed by atoms with van der Waals surface area (Å²) in [6.45, 7) is 6.24. The van der Waals surface area contributed by atoms with E-state index in [0.29, 0.717) is 18.3 Å². The lowest BCUT2D eigenvalue weighted by Crippen LogP contribution is -2.54. The van der Waals surface area contributed by atoms with Gasteiger partial charge in [-0.1, -0.05) is 19.8 Å². The van der Waals surface area contributed by atoms with Gasteiger partial charge in [0.2, 0.25) is 0 Å². The second kappa shape index (κ2) is 11.5. The molecule has 0 radical (unpaired) electrons. The molecule has 1 atom stereocenters. The molecule has 3 aromatic heterocycles. The van der Waals surface area contributed by atoms with E-state index >= 15 is 4.39 Å². The number of hydrogen-bond donors (Lipinski definition) is 1. The molecule has 4 heterocycles. The number of nitrogens with zero attached hydrogens (tertiary/aromatic N) is 5. The molecule has 0 aromatic carbocycles. The molecule has 0 bridgehead atoms. The molecule has 1 aliphatic heterocycles. The minimum absolute atomic E-state index is 0.0263. The number of nitrogens with one attached hydrogen (secondary N) is 1. The summed E-state index contributed by atoms with van der Waals surface area (Å²) >= 11 is 1.50. The summed E-state index contributed by atoms with van der Waals surface area (Å²) in [4.78, 5) is 28.9. The molecule has 5 rings (SSSR count). The standard InChI is InChI=1S/C28H37FN6O2S/c1-5-34-10-11-35(16-20(34)17-37-4)19-12-22(29)27(31-14-19)32-24-13-21-23(15-30-24)38-26(28(36)33(2)3)25(21)18-8-6-7-9-18/h12-15,18,20H,5-11,16-17H2,1-4H3,(H,30,31,32)/t20-/m1/s1. The molecule has 0 spiro atoms. The molecular formula is C28H37FN6O2S. The molecule has 1 saturated heterocycles. The SMILES string of the molecule is CCN1CCN(c2cnc(Nc3cc4c(C5CCCC5)c(C(=O)N(C)C)sc4cn3)c(F)c2)C[C@@H]1COC. The molecule has 38 heavy (non-hydrogen) atoms. The predicted octanol–water partition coefficient (Wildman–Crippen LogP) is 5.09. The largest absolute Gasteiger partial charge is 0.383 e. The number of rotatable bonds is 8. The lowest BCUT2D eigenvalue weighted by Gasteiger charge is -2.41. The van der Waals surface area contributed by atoms with Crippen molar-refractivity contribution in [2.75, 3.05) is 64.2 Å². The number of ether oxygens (including phenoxy) is 1. The minimum Gasteiger partial charge on any atom is -0.383 e. The van der Waals surface area contributed by atoms with Gasteiger partial charge in [0.1, 0.15) is 5.82 Å². The van der Waals surface area contributed by atoms with Gasteiger partial charge in [0, 0.05) is 58.5 Å². The Morgan fingerprint density at radius 2 is 2.00 bits per heavy atom. The molecule has 1 aliphatic carbocycles. The van der Waals surface area contributed by atoms with Crippen LogP contribution in [0.1, 0.15) is 53.8 Å². The van der Waals surface area contributed by atoms with Crippen molar-refractivity contribution >= 4 is 44.7 Å². The fraction of sp³-hybridized carbons (Fsp3) is 0.536. The van der Waals surface area contributed by atoms with Gasteiger partial charge in [0.05, 0.1) is 34.1 Å². The number of halogens is 1. The number of pyridine rings is 2. The number of piperazine rings is 1. The number of aromatic nitrogens is 2. The van der Waals surface area contributed by atoms with E-state index in [1.807, 2.05) is 6.07 Å². The van der Waals surface area contributed by atoms with Crippen LogP contribution in [0.5, 0.6) is 0 Å². The van der Waals surface area contributed by atoms with Gasteiger partial charge in [-0.15, -0.1) is 11.3 Å². The third-order valence-corrected chi connectivity index (χ3v) is 8.93. The Balaban J connectivity index is 1.39. The molecule has 8 nitrogen and oxygen atoms in total. The average molecular weight is 541 g/mol. The maximum Gasteiger partial charge on any atom is 0.263 e. The van der Waals surface area contributed by atoms with E-state index in [0.717, 1.165) is 65.2 Å². The second-order valence-corrected chi connectivity index (χ2v) is 11.5. The number of fused-ring (bicyclic) bond motifs is 1. The van der Waals surface area contributed by atoms with Crippen molar-refractivity contribution < 1.29 is 13.9 Å². The van der Waals surface area contributed by atoms with Gasteiger partial charge in [0.25, 0.3) is 5.91 Å². The van der Waals surface area contributed by atoms with E-state index in [4.69, 9.17) is 4.74 Å². The summed E-state index contributed by atoms with van der Waals surface area (Å²) < 4.78 is 21.6. The van der Waals surface area contributed by atoms with Crippen LogP contribution < -0.4 is 10.2 Å². The summed E-state index contributed by atoms with van der Waals surface area (Å²) in [5.74, 6) is 0.633. The molecule has 1 amide bonds. The van der Waals surface area contributed by atoms with Crippen LogP contribution >= 0.6 is 11.3 Å². The fourth-order valence-corrected chi connectivity index (χ4v) is 7.04. The Morgan fingerprint density at radius 3 is 2.68 bits per heavy atom. The van der Waals surface area contributed by atoms with Gasteiger partial charge >= 0.3 is 0 Å². The Bertz CT molecular complexity index is 1290. The Kier molecular flexibility index (Phi) is 8.11. The third-order valence-electron chi connectivity index (χ3n) is 7.79. The van der Waals surface area contributed by atoms with E-state index in [9.17, 15) is 4.79 Å². The van der Waals surface area contributed by atoms with Gasteiger partial charge in [-0.25, -0.2) is 14.4 Å². The highest BCUT2D eigenvalue weighted by atomic mass is 32.1. The summed E-state index contributed by atoms with van der Waals surface area (Å²) in [7, 11) is 5.29. The number of thiophene rings is 1. The normalized spacial score (nSPS) is 18.9. The van der Waals surface area contributed by atoms with E-state index in [1.165, 1.54) is 24.2 Å². The van der Waals surface area contributed by atoms with Crippen LogP contribution in [0.3, 0.4) is 0 Å². The average Bonchev–Trinajstić information content (AvgIpc) is 3.57. The van der Waals surface area contributed by atoms with Crippen LogP contribution in [-0.4, -0.2) is 85.7 Å². The quantitative estimate of drug-likeness (QED) is 0.427. The summed E-state index contributed by atoms with van der Waals surface area (Å²) in [6, 6.07) is 3.75. The Morgan fingerprint density at radius 1 is 1.21 bits per heavy atom. The van der Waals surface area contributed by atoms with Crippen LogP contribution in [-0.2, 0) is 4.74 Å². The topological polar surface area (TPSA) is 73.8 Å². The minimum atomic E-state index is -0.421. The zero-order valence-corrected chi connectivity index (χ0v) is 23.5. The van der Waals surface area contributed by atoms with Gasteiger partial charge < -0.3 is 19.9 Å². The Labute approximate surface area is 227 Å². The highest BCUT2D eigenvalue weighted by molar-refractivity contribution is 7.21. The molecule has 1 saturated carbocycles. The number of carbonyl (C=O) groups is 1. The zero-order valence-electron chi connectivity index (χ0n) is 22.7. The van der Waals surface area contributed by atoms with Gasteiger partial charge in [-0.3, -0.25) is 9.69 Å². The van der Waals surface area contributed by atoms with Crippen molar-refractivity contribution in [3.63, 3.8) is 0 Å². The summed E-state index contributed by atoms with van der Waals surface area (Å²) in [5.41, 5.74) is 1.88. The lowest BCUT2D eigenvalue weighted by molar-refractivity contribution is 0.0831. The van der Waals surface area contributed by atoms with E-state index < -0.39 is 5.82 Å². The van der Waals surface area contributed by atoms with Crippen LogP contribution in [0, 0.1) is 5.82 Å². The number of hydrogen-bond acceptors (Lipinski definition) is 8. The monoisotopic (exact) mass is 540 g/mol. The molecular weight excluding hydrogens is 503 g/mol. The number of amides is 1. The van der Waals surface area contributed by atoms with Crippen molar-refractivity contribution in [1.29, 1.82) is 0 Å². The van der Waals surface area contributed by atoms with Crippen molar-refractivity contribution in [1.82, 2.24) is 19.8 Å². The third kappa shape index (κ3) is 5.34. The number of methoxy groups -OCH3 is 1. The van der Waals surface area contributed by atoms with Crippen LogP contribution in [0.2, 0.25) is 0 Å². The molecule has 3 aromatic rings. The number of anilines is 3. The smallest absolute Gasteiger partial charge is 0.263 e. The summed E-state index contributed by atoms with van der Waals surface area (Å²) in [6.07, 6.45) is 8.02. The van der Waals surface area contributed by atoms with E-state index in [-0.39, 0.29) is 17.8 Å². The predicted molar refractivity (Wildman–Crippen MR) is 151 cm³/mol. The maximum atomic E-state index is 15.3. The molecule has 0 unspecified atom stereocenters. The van der Waals surface area contributed by atoms with Crippen LogP contribution in [0.4, 0.5) is 21.7 Å². The van der Waals surface area contributed by atoms with E-state index in [1.54, 1.807) is 44.6 Å². The first kappa shape index (κ1) is 26.8. The highest BCUT2D eigenvalue weighted by Crippen LogP contribution is 2.44. The highest BCUT2D eigenvalue weighted by Gasteiger charge is 2.29. The number of carbonyl (C=O) groups excluding carboxylic acids is 1. The van der Waals surface area contributed by atoms with Crippen LogP contribution in [0.15, 0.2) is 24.5 Å². The maximum absolute atomic E-state index is 15.3. The first-order chi connectivity index (χ1) is 18.4. The number of likely N-dealkylation sites (N-methyl/N-ethyl adjacent to an activating group) is 1. The molecule has 2 aliphatic rings. The fourth-order valence-electron chi connectivity index (χ4n) is 5.78. The van der Waals surface area contributed by atoms with Gasteiger partial charge in [-0.2, -0.15) is 0 Å². The molecule has 204 valence electrons. The van der Waals surface area contributed by atoms with Gasteiger partial charge in [-0.05, 0) is 36.9 Å². The molecule has 1 N–H and O–H groups in total. The first-order valence-electron chi connectivity index (χ1n) is 13.4. The Hall–Kier alpha value is -2.82. The van der Waals surface area contributed by atoms with Crippen LogP contribution in [0.25, 0.3) is 10.1 Å².